The molecule has 30 heavy (non-hydrogen) atoms. The number of alkyl carbamates (subject to hydrolysis) is 1. The molecule has 7 nitrogen and oxygen atoms in total. The number of guanidine groups is 1. The molecule has 1 aromatic carbocycles. The number of hydrogen-bond donors (Lipinski definition) is 2. The molecule has 0 saturated carbocycles. The Hall–Kier alpha value is -1.55. The molecular weight excluding hydrogens is 495 g/mol. The van der Waals surface area contributed by atoms with E-state index < -0.39 is 11.7 Å². The zero-order valence-electron chi connectivity index (χ0n) is 18.6. The van der Waals surface area contributed by atoms with Gasteiger partial charge in [0.25, 0.3) is 0 Å². The Morgan fingerprint density at radius 2 is 1.97 bits per heavy atom. The van der Waals surface area contributed by atoms with Crippen molar-refractivity contribution in [2.45, 2.75) is 46.3 Å². The summed E-state index contributed by atoms with van der Waals surface area (Å²) >= 11 is 0. The Morgan fingerprint density at radius 1 is 1.23 bits per heavy atom. The summed E-state index contributed by atoms with van der Waals surface area (Å²) in [5.74, 6) is 1.39. The number of nitrogens with one attached hydrogen (secondary N) is 2. The number of carbonyl (C=O) groups is 1. The van der Waals surface area contributed by atoms with Crippen molar-refractivity contribution < 1.29 is 14.3 Å². The summed E-state index contributed by atoms with van der Waals surface area (Å²) in [7, 11) is 0. The number of rotatable bonds is 8. The lowest BCUT2D eigenvalue weighted by atomic mass is 10.1. The molecule has 1 saturated heterocycles. The normalized spacial score (nSPS) is 16.7. The van der Waals surface area contributed by atoms with E-state index in [-0.39, 0.29) is 24.0 Å². The highest BCUT2D eigenvalue weighted by molar-refractivity contribution is 14.0. The van der Waals surface area contributed by atoms with E-state index in [0.29, 0.717) is 25.6 Å². The average Bonchev–Trinajstić information content (AvgIpc) is 3.12. The van der Waals surface area contributed by atoms with Gasteiger partial charge in [0.15, 0.2) is 5.96 Å². The first-order chi connectivity index (χ1) is 13.9. The van der Waals surface area contributed by atoms with Crippen LogP contribution in [-0.2, 0) is 16.1 Å². The van der Waals surface area contributed by atoms with Crippen LogP contribution in [0, 0.1) is 5.92 Å². The summed E-state index contributed by atoms with van der Waals surface area (Å²) in [4.78, 5) is 18.6. The van der Waals surface area contributed by atoms with Crippen LogP contribution in [0.3, 0.4) is 0 Å². The first-order valence-electron chi connectivity index (χ1n) is 10.5. The van der Waals surface area contributed by atoms with Gasteiger partial charge in [0, 0.05) is 32.1 Å². The zero-order chi connectivity index (χ0) is 21.1. The highest BCUT2D eigenvalue weighted by atomic mass is 127. The number of ether oxygens (including phenoxy) is 2. The number of aliphatic imine (C=N–C) groups is 1. The van der Waals surface area contributed by atoms with Crippen LogP contribution in [0.1, 0.15) is 39.7 Å². The third kappa shape index (κ3) is 10.5. The van der Waals surface area contributed by atoms with Crippen molar-refractivity contribution >= 4 is 36.0 Å². The van der Waals surface area contributed by atoms with E-state index in [9.17, 15) is 4.79 Å². The van der Waals surface area contributed by atoms with Gasteiger partial charge in [-0.2, -0.15) is 0 Å². The minimum atomic E-state index is -0.491. The molecule has 0 radical (unpaired) electrons. The minimum Gasteiger partial charge on any atom is -0.444 e. The predicted octanol–water partition coefficient (Wildman–Crippen LogP) is 3.63. The lowest BCUT2D eigenvalue weighted by Gasteiger charge is -2.22. The number of nitrogens with zero attached hydrogens (tertiary/aromatic N) is 2. The van der Waals surface area contributed by atoms with Gasteiger partial charge in [0.05, 0.1) is 19.8 Å². The van der Waals surface area contributed by atoms with E-state index in [2.05, 4.69) is 39.6 Å². The Kier molecular flexibility index (Phi) is 12.1. The number of carbonyl (C=O) groups excluding carboxylic acids is 1. The van der Waals surface area contributed by atoms with Crippen LogP contribution in [0.25, 0.3) is 0 Å². The van der Waals surface area contributed by atoms with E-state index in [1.54, 1.807) is 0 Å². The van der Waals surface area contributed by atoms with Gasteiger partial charge < -0.3 is 25.0 Å². The second kappa shape index (κ2) is 13.7. The van der Waals surface area contributed by atoms with E-state index in [1.165, 1.54) is 5.56 Å². The maximum absolute atomic E-state index is 11.7. The summed E-state index contributed by atoms with van der Waals surface area (Å²) in [5, 5.41) is 6.09. The van der Waals surface area contributed by atoms with Crippen molar-refractivity contribution in [2.24, 2.45) is 10.9 Å². The molecule has 1 aromatic rings. The SMILES string of the molecule is CCNC(=NCCNC(=O)OC(C)(C)C)N1CCC(COCc2ccccc2)C1.I. The van der Waals surface area contributed by atoms with Gasteiger partial charge in [-0.05, 0) is 39.7 Å². The van der Waals surface area contributed by atoms with Crippen molar-refractivity contribution in [1.82, 2.24) is 15.5 Å². The van der Waals surface area contributed by atoms with E-state index in [0.717, 1.165) is 38.6 Å². The number of halogens is 1. The Labute approximate surface area is 198 Å². The monoisotopic (exact) mass is 532 g/mol. The van der Waals surface area contributed by atoms with Gasteiger partial charge in [-0.25, -0.2) is 4.79 Å². The zero-order valence-corrected chi connectivity index (χ0v) is 21.0. The third-order valence-electron chi connectivity index (χ3n) is 4.43. The van der Waals surface area contributed by atoms with Crippen molar-refractivity contribution in [3.63, 3.8) is 0 Å². The van der Waals surface area contributed by atoms with Crippen LogP contribution in [-0.4, -0.2) is 61.9 Å². The van der Waals surface area contributed by atoms with Crippen molar-refractivity contribution in [3.8, 4) is 0 Å². The molecular formula is C22H37IN4O3. The summed E-state index contributed by atoms with van der Waals surface area (Å²) in [6, 6.07) is 10.3. The Balaban J connectivity index is 0.00000450. The second-order valence-corrected chi connectivity index (χ2v) is 8.27. The fourth-order valence-corrected chi connectivity index (χ4v) is 3.14. The fraction of sp³-hybridized carbons (Fsp3) is 0.636. The van der Waals surface area contributed by atoms with Crippen molar-refractivity contribution in [2.75, 3.05) is 39.3 Å². The molecule has 0 aliphatic carbocycles. The standard InChI is InChI=1S/C22H36N4O3.HI/c1-5-23-20(24-12-13-25-21(27)29-22(2,3)4)26-14-11-19(15-26)17-28-16-18-9-7-6-8-10-18;/h6-10,19H,5,11-17H2,1-4H3,(H,23,24)(H,25,27);1H. The summed E-state index contributed by atoms with van der Waals surface area (Å²) < 4.78 is 11.1. The van der Waals surface area contributed by atoms with E-state index >= 15 is 0 Å². The maximum atomic E-state index is 11.7. The molecule has 1 aliphatic rings. The number of amides is 1. The summed E-state index contributed by atoms with van der Waals surface area (Å²) in [6.07, 6.45) is 0.685. The number of benzene rings is 1. The van der Waals surface area contributed by atoms with Crippen molar-refractivity contribution in [1.29, 1.82) is 0 Å². The summed E-state index contributed by atoms with van der Waals surface area (Å²) in [5.41, 5.74) is 0.713. The average molecular weight is 532 g/mol. The van der Waals surface area contributed by atoms with Crippen LogP contribution in [0.2, 0.25) is 0 Å². The highest BCUT2D eigenvalue weighted by Gasteiger charge is 2.25. The van der Waals surface area contributed by atoms with Crippen molar-refractivity contribution in [3.05, 3.63) is 35.9 Å². The molecule has 1 fully saturated rings. The van der Waals surface area contributed by atoms with Crippen LogP contribution in [0.5, 0.6) is 0 Å². The smallest absolute Gasteiger partial charge is 0.407 e. The minimum absolute atomic E-state index is 0. The number of hydrogen-bond acceptors (Lipinski definition) is 4. The molecule has 0 bridgehead atoms. The van der Waals surface area contributed by atoms with Gasteiger partial charge in [0.1, 0.15) is 5.60 Å². The number of likely N-dealkylation sites (tertiary alicyclic amines) is 1. The topological polar surface area (TPSA) is 75.2 Å². The highest BCUT2D eigenvalue weighted by Crippen LogP contribution is 2.17. The lowest BCUT2D eigenvalue weighted by Crippen LogP contribution is -2.41. The molecule has 1 atom stereocenters. The molecule has 1 heterocycles. The van der Waals surface area contributed by atoms with Gasteiger partial charge in [-0.1, -0.05) is 30.3 Å². The van der Waals surface area contributed by atoms with Gasteiger partial charge in [-0.3, -0.25) is 4.99 Å². The van der Waals surface area contributed by atoms with Gasteiger partial charge in [-0.15, -0.1) is 24.0 Å². The Bertz CT molecular complexity index is 650. The molecule has 170 valence electrons. The molecule has 0 spiro atoms. The third-order valence-corrected chi connectivity index (χ3v) is 4.43. The molecule has 2 N–H and O–H groups in total. The molecule has 2 rings (SSSR count). The van der Waals surface area contributed by atoms with Crippen LogP contribution < -0.4 is 10.6 Å². The molecule has 1 aliphatic heterocycles. The Morgan fingerprint density at radius 3 is 2.63 bits per heavy atom. The largest absolute Gasteiger partial charge is 0.444 e. The first kappa shape index (κ1) is 26.5. The predicted molar refractivity (Wildman–Crippen MR) is 131 cm³/mol. The van der Waals surface area contributed by atoms with Crippen LogP contribution >= 0.6 is 24.0 Å². The maximum Gasteiger partial charge on any atom is 0.407 e. The van der Waals surface area contributed by atoms with E-state index in [1.807, 2.05) is 39.0 Å². The van der Waals surface area contributed by atoms with Crippen LogP contribution in [0.4, 0.5) is 4.79 Å². The lowest BCUT2D eigenvalue weighted by molar-refractivity contribution is 0.0529. The van der Waals surface area contributed by atoms with Crippen LogP contribution in [0.15, 0.2) is 35.3 Å². The van der Waals surface area contributed by atoms with Gasteiger partial charge in [0.2, 0.25) is 0 Å². The van der Waals surface area contributed by atoms with E-state index in [4.69, 9.17) is 9.47 Å². The molecule has 1 unspecified atom stereocenters. The molecule has 1 amide bonds. The quantitative estimate of drug-likeness (QED) is 0.232. The summed E-state index contributed by atoms with van der Waals surface area (Å²) in [6.45, 7) is 12.7. The first-order valence-corrected chi connectivity index (χ1v) is 10.5. The second-order valence-electron chi connectivity index (χ2n) is 8.27. The van der Waals surface area contributed by atoms with Gasteiger partial charge >= 0.3 is 6.09 Å². The molecule has 8 heteroatoms. The fourth-order valence-electron chi connectivity index (χ4n) is 3.14. The molecule has 0 aromatic heterocycles.